The van der Waals surface area contributed by atoms with E-state index in [2.05, 4.69) is 10.6 Å². The van der Waals surface area contributed by atoms with Gasteiger partial charge in [0.15, 0.2) is 0 Å². The molecule has 0 radical (unpaired) electrons. The number of amides is 2. The fraction of sp³-hybridized carbons (Fsp3) is 0.429. The minimum absolute atomic E-state index is 0.00977. The summed E-state index contributed by atoms with van der Waals surface area (Å²) in [6.07, 6.45) is 1.23. The highest BCUT2D eigenvalue weighted by molar-refractivity contribution is 6.30. The molecule has 0 heterocycles. The molecule has 0 aromatic heterocycles. The van der Waals surface area contributed by atoms with E-state index >= 15 is 0 Å². The number of hydrogen-bond donors (Lipinski definition) is 3. The van der Waals surface area contributed by atoms with Crippen LogP contribution >= 0.6 is 11.6 Å². The Morgan fingerprint density at radius 3 is 2.71 bits per heavy atom. The van der Waals surface area contributed by atoms with Gasteiger partial charge in [-0.05, 0) is 24.1 Å². The van der Waals surface area contributed by atoms with Gasteiger partial charge in [0.05, 0.1) is 11.4 Å². The van der Waals surface area contributed by atoms with Crippen molar-refractivity contribution in [3.8, 4) is 0 Å². The number of rotatable bonds is 7. The molecule has 0 saturated heterocycles. The van der Waals surface area contributed by atoms with Gasteiger partial charge in [0, 0.05) is 12.6 Å². The highest BCUT2D eigenvalue weighted by Crippen LogP contribution is 2.15. The van der Waals surface area contributed by atoms with Crippen LogP contribution in [-0.2, 0) is 11.3 Å². The first kappa shape index (κ1) is 17.2. The zero-order chi connectivity index (χ0) is 15.8. The summed E-state index contributed by atoms with van der Waals surface area (Å²) in [7, 11) is 0. The fourth-order valence-corrected chi connectivity index (χ4v) is 2.06. The molecule has 0 spiro atoms. The van der Waals surface area contributed by atoms with Crippen molar-refractivity contribution in [2.75, 3.05) is 0 Å². The average Bonchev–Trinajstić information content (AvgIpc) is 2.39. The Bertz CT molecular complexity index is 511. The zero-order valence-electron chi connectivity index (χ0n) is 11.7. The van der Waals surface area contributed by atoms with E-state index in [0.29, 0.717) is 12.0 Å². The van der Waals surface area contributed by atoms with Crippen LogP contribution in [0.3, 0.4) is 0 Å². The lowest BCUT2D eigenvalue weighted by Gasteiger charge is -2.16. The molecule has 2 amide bonds. The molecule has 0 saturated carbocycles. The number of nitrogens with one attached hydrogen (secondary N) is 2. The van der Waals surface area contributed by atoms with Crippen molar-refractivity contribution in [2.45, 2.75) is 38.8 Å². The lowest BCUT2D eigenvalue weighted by Crippen LogP contribution is -2.42. The highest BCUT2D eigenvalue weighted by Gasteiger charge is 2.14. The summed E-state index contributed by atoms with van der Waals surface area (Å²) >= 11 is 5.64. The summed E-state index contributed by atoms with van der Waals surface area (Å²) in [5, 5.41) is 13.9. The van der Waals surface area contributed by atoms with Crippen molar-refractivity contribution in [1.82, 2.24) is 10.6 Å². The first-order valence-corrected chi connectivity index (χ1v) is 7.00. The molecule has 0 aliphatic carbocycles. The van der Waals surface area contributed by atoms with Crippen LogP contribution in [0.1, 0.15) is 31.7 Å². The first-order valence-electron chi connectivity index (χ1n) is 6.62. The van der Waals surface area contributed by atoms with Gasteiger partial charge in [0.2, 0.25) is 0 Å². The van der Waals surface area contributed by atoms with Gasteiger partial charge in [-0.2, -0.15) is 0 Å². The molecule has 1 atom stereocenters. The first-order chi connectivity index (χ1) is 9.92. The van der Waals surface area contributed by atoms with E-state index in [9.17, 15) is 14.0 Å². The van der Waals surface area contributed by atoms with Gasteiger partial charge >= 0.3 is 12.0 Å². The molecule has 0 bridgehead atoms. The van der Waals surface area contributed by atoms with Crippen LogP contribution in [0.2, 0.25) is 5.02 Å². The van der Waals surface area contributed by atoms with Gasteiger partial charge in [-0.15, -0.1) is 0 Å². The van der Waals surface area contributed by atoms with E-state index in [-0.39, 0.29) is 18.0 Å². The molecule has 21 heavy (non-hydrogen) atoms. The normalized spacial score (nSPS) is 11.8. The third-order valence-electron chi connectivity index (χ3n) is 2.83. The van der Waals surface area contributed by atoms with Crippen LogP contribution in [0, 0.1) is 5.82 Å². The Morgan fingerprint density at radius 1 is 1.43 bits per heavy atom. The number of hydrogen-bond acceptors (Lipinski definition) is 2. The van der Waals surface area contributed by atoms with E-state index in [1.165, 1.54) is 18.2 Å². The topological polar surface area (TPSA) is 78.4 Å². The lowest BCUT2D eigenvalue weighted by atomic mass is 10.1. The molecule has 1 unspecified atom stereocenters. The molecule has 1 rings (SSSR count). The molecule has 0 aliphatic heterocycles. The average molecular weight is 317 g/mol. The number of carboxylic acid groups (broad SMARTS) is 1. The number of urea groups is 1. The van der Waals surface area contributed by atoms with Crippen molar-refractivity contribution >= 4 is 23.6 Å². The van der Waals surface area contributed by atoms with Gasteiger partial charge in [0.25, 0.3) is 0 Å². The third kappa shape index (κ3) is 6.44. The summed E-state index contributed by atoms with van der Waals surface area (Å²) in [6.45, 7) is 2.09. The maximum absolute atomic E-state index is 13.0. The summed E-state index contributed by atoms with van der Waals surface area (Å²) < 4.78 is 13.0. The SMILES string of the molecule is CCCC(CC(=O)O)NC(=O)NCc1ccc(F)c(Cl)c1. The molecule has 1 aromatic rings. The van der Waals surface area contributed by atoms with Crippen molar-refractivity contribution in [2.24, 2.45) is 0 Å². The van der Waals surface area contributed by atoms with Crippen molar-refractivity contribution < 1.29 is 19.1 Å². The summed E-state index contributed by atoms with van der Waals surface area (Å²) in [5.41, 5.74) is 0.654. The highest BCUT2D eigenvalue weighted by atomic mass is 35.5. The number of carbonyl (C=O) groups excluding carboxylic acids is 1. The fourth-order valence-electron chi connectivity index (χ4n) is 1.85. The van der Waals surface area contributed by atoms with Gasteiger partial charge in [0.1, 0.15) is 5.82 Å². The van der Waals surface area contributed by atoms with Crippen LogP contribution in [0.15, 0.2) is 18.2 Å². The molecule has 3 N–H and O–H groups in total. The molecular formula is C14H18ClFN2O3. The van der Waals surface area contributed by atoms with Crippen LogP contribution in [-0.4, -0.2) is 23.1 Å². The van der Waals surface area contributed by atoms with Crippen molar-refractivity contribution in [3.05, 3.63) is 34.6 Å². The van der Waals surface area contributed by atoms with Gasteiger partial charge in [-0.25, -0.2) is 9.18 Å². The summed E-state index contributed by atoms with van der Waals surface area (Å²) in [6, 6.07) is 3.29. The van der Waals surface area contributed by atoms with Gasteiger partial charge in [-0.1, -0.05) is 31.0 Å². The molecule has 1 aromatic carbocycles. The van der Waals surface area contributed by atoms with E-state index in [0.717, 1.165) is 6.42 Å². The molecule has 5 nitrogen and oxygen atoms in total. The Hall–Kier alpha value is -1.82. The number of carbonyl (C=O) groups is 2. The second kappa shape index (κ2) is 8.46. The Kier molecular flexibility index (Phi) is 6.94. The predicted molar refractivity (Wildman–Crippen MR) is 77.7 cm³/mol. The van der Waals surface area contributed by atoms with Gasteiger partial charge < -0.3 is 15.7 Å². The smallest absolute Gasteiger partial charge is 0.315 e. The monoisotopic (exact) mass is 316 g/mol. The van der Waals surface area contributed by atoms with Crippen molar-refractivity contribution in [3.63, 3.8) is 0 Å². The van der Waals surface area contributed by atoms with Crippen LogP contribution in [0.5, 0.6) is 0 Å². The Balaban J connectivity index is 2.48. The summed E-state index contributed by atoms with van der Waals surface area (Å²) in [5.74, 6) is -1.48. The molecule has 116 valence electrons. The largest absolute Gasteiger partial charge is 0.481 e. The molecule has 7 heteroatoms. The van der Waals surface area contributed by atoms with Crippen LogP contribution < -0.4 is 10.6 Å². The Morgan fingerprint density at radius 2 is 2.14 bits per heavy atom. The second-order valence-electron chi connectivity index (χ2n) is 4.66. The standard InChI is InChI=1S/C14H18ClFN2O3/c1-2-3-10(7-13(19)20)18-14(21)17-8-9-4-5-12(16)11(15)6-9/h4-6,10H,2-3,7-8H2,1H3,(H,19,20)(H2,17,18,21). The van der Waals surface area contributed by atoms with Crippen LogP contribution in [0.25, 0.3) is 0 Å². The minimum Gasteiger partial charge on any atom is -0.481 e. The minimum atomic E-state index is -0.959. The maximum atomic E-state index is 13.0. The number of aliphatic carboxylic acids is 1. The Labute approximate surface area is 127 Å². The maximum Gasteiger partial charge on any atom is 0.315 e. The second-order valence-corrected chi connectivity index (χ2v) is 5.07. The van der Waals surface area contributed by atoms with E-state index in [4.69, 9.17) is 16.7 Å². The number of benzene rings is 1. The molecule has 0 fully saturated rings. The number of carboxylic acids is 1. The van der Waals surface area contributed by atoms with E-state index < -0.39 is 23.9 Å². The van der Waals surface area contributed by atoms with Gasteiger partial charge in [-0.3, -0.25) is 4.79 Å². The zero-order valence-corrected chi connectivity index (χ0v) is 12.4. The van der Waals surface area contributed by atoms with Crippen LogP contribution in [0.4, 0.5) is 9.18 Å². The molecular weight excluding hydrogens is 299 g/mol. The van der Waals surface area contributed by atoms with Crippen molar-refractivity contribution in [1.29, 1.82) is 0 Å². The lowest BCUT2D eigenvalue weighted by molar-refractivity contribution is -0.137. The summed E-state index contributed by atoms with van der Waals surface area (Å²) in [4.78, 5) is 22.4. The molecule has 0 aliphatic rings. The quantitative estimate of drug-likeness (QED) is 0.723. The third-order valence-corrected chi connectivity index (χ3v) is 3.12. The van der Waals surface area contributed by atoms with E-state index in [1.807, 2.05) is 6.92 Å². The predicted octanol–water partition coefficient (Wildman–Crippen LogP) is 2.92. The van der Waals surface area contributed by atoms with E-state index in [1.54, 1.807) is 0 Å². The number of halogens is 2.